The summed E-state index contributed by atoms with van der Waals surface area (Å²) in [4.78, 5) is 13.5. The largest absolute Gasteiger partial charge is 0.326 e. The molecule has 1 aromatic carbocycles. The molecule has 92 valence electrons. The van der Waals surface area contributed by atoms with Crippen LogP contribution in [0.3, 0.4) is 0 Å². The Morgan fingerprint density at radius 2 is 2.00 bits per heavy atom. The van der Waals surface area contributed by atoms with Gasteiger partial charge in [-0.15, -0.1) is 11.8 Å². The lowest BCUT2D eigenvalue weighted by Gasteiger charge is -2.22. The molecular weight excluding hydrogens is 230 g/mol. The SMILES string of the molecule is CC(=O)N1CCS[C@@H]1c1ccc(C(C)C)cc1. The van der Waals surface area contributed by atoms with Crippen LogP contribution in [-0.2, 0) is 4.79 Å². The van der Waals surface area contributed by atoms with Crippen LogP contribution in [0, 0.1) is 0 Å². The number of carbonyl (C=O) groups excluding carboxylic acids is 1. The maximum atomic E-state index is 11.5. The molecule has 0 saturated carbocycles. The fourth-order valence-corrected chi connectivity index (χ4v) is 3.42. The Bertz CT molecular complexity index is 399. The van der Waals surface area contributed by atoms with Crippen LogP contribution in [0.2, 0.25) is 0 Å². The van der Waals surface area contributed by atoms with Crippen molar-refractivity contribution in [2.24, 2.45) is 0 Å². The van der Waals surface area contributed by atoms with Crippen LogP contribution in [0.1, 0.15) is 43.2 Å². The van der Waals surface area contributed by atoms with E-state index in [-0.39, 0.29) is 11.3 Å². The molecule has 1 aliphatic rings. The second kappa shape index (κ2) is 5.13. The van der Waals surface area contributed by atoms with Crippen LogP contribution in [0.4, 0.5) is 0 Å². The van der Waals surface area contributed by atoms with Gasteiger partial charge in [0.15, 0.2) is 0 Å². The first-order valence-corrected chi connectivity index (χ1v) is 7.13. The van der Waals surface area contributed by atoms with Crippen molar-refractivity contribution < 1.29 is 4.79 Å². The van der Waals surface area contributed by atoms with E-state index in [1.807, 2.05) is 16.7 Å². The first kappa shape index (κ1) is 12.5. The predicted molar refractivity (Wildman–Crippen MR) is 73.1 cm³/mol. The minimum atomic E-state index is 0.174. The molecule has 0 bridgehead atoms. The molecule has 0 aromatic heterocycles. The molecule has 0 unspecified atom stereocenters. The quantitative estimate of drug-likeness (QED) is 0.800. The minimum Gasteiger partial charge on any atom is -0.326 e. The molecule has 2 nitrogen and oxygen atoms in total. The van der Waals surface area contributed by atoms with E-state index in [4.69, 9.17) is 0 Å². The summed E-state index contributed by atoms with van der Waals surface area (Å²) in [7, 11) is 0. The summed E-state index contributed by atoms with van der Waals surface area (Å²) in [5.74, 6) is 1.77. The molecule has 1 heterocycles. The first-order chi connectivity index (χ1) is 8.09. The van der Waals surface area contributed by atoms with Crippen LogP contribution in [-0.4, -0.2) is 23.1 Å². The summed E-state index contributed by atoms with van der Waals surface area (Å²) in [6.45, 7) is 6.92. The van der Waals surface area contributed by atoms with Gasteiger partial charge >= 0.3 is 0 Å². The highest BCUT2D eigenvalue weighted by molar-refractivity contribution is 7.99. The summed E-state index contributed by atoms with van der Waals surface area (Å²) < 4.78 is 0. The van der Waals surface area contributed by atoms with Crippen LogP contribution in [0.25, 0.3) is 0 Å². The standard InChI is InChI=1S/C14H19NOS/c1-10(2)12-4-6-13(7-5-12)14-15(11(3)16)8-9-17-14/h4-7,10,14H,8-9H2,1-3H3/t14-/m1/s1. The zero-order chi connectivity index (χ0) is 12.4. The Hall–Kier alpha value is -0.960. The van der Waals surface area contributed by atoms with Crippen LogP contribution in [0.15, 0.2) is 24.3 Å². The molecule has 1 saturated heterocycles. The zero-order valence-electron chi connectivity index (χ0n) is 10.6. The van der Waals surface area contributed by atoms with Crippen LogP contribution < -0.4 is 0 Å². The van der Waals surface area contributed by atoms with E-state index in [1.165, 1.54) is 11.1 Å². The highest BCUT2D eigenvalue weighted by Crippen LogP contribution is 2.38. The lowest BCUT2D eigenvalue weighted by atomic mass is 10.0. The number of nitrogens with zero attached hydrogens (tertiary/aromatic N) is 1. The van der Waals surface area contributed by atoms with E-state index in [1.54, 1.807) is 6.92 Å². The highest BCUT2D eigenvalue weighted by Gasteiger charge is 2.28. The van der Waals surface area contributed by atoms with E-state index >= 15 is 0 Å². The van der Waals surface area contributed by atoms with E-state index < -0.39 is 0 Å². The number of benzene rings is 1. The maximum Gasteiger partial charge on any atom is 0.220 e. The topological polar surface area (TPSA) is 20.3 Å². The number of hydrogen-bond donors (Lipinski definition) is 0. The van der Waals surface area contributed by atoms with Crippen LogP contribution >= 0.6 is 11.8 Å². The lowest BCUT2D eigenvalue weighted by molar-refractivity contribution is -0.128. The van der Waals surface area contributed by atoms with Crippen molar-refractivity contribution in [3.63, 3.8) is 0 Å². The third kappa shape index (κ3) is 2.65. The molecule has 3 heteroatoms. The molecule has 1 atom stereocenters. The van der Waals surface area contributed by atoms with Crippen molar-refractivity contribution in [1.29, 1.82) is 0 Å². The third-order valence-electron chi connectivity index (χ3n) is 3.18. The second-order valence-corrected chi connectivity index (χ2v) is 5.95. The molecule has 17 heavy (non-hydrogen) atoms. The molecule has 1 aliphatic heterocycles. The van der Waals surface area contributed by atoms with Gasteiger partial charge in [0.05, 0.1) is 0 Å². The van der Waals surface area contributed by atoms with Gasteiger partial charge in [0.1, 0.15) is 5.37 Å². The maximum absolute atomic E-state index is 11.5. The second-order valence-electron chi connectivity index (χ2n) is 4.76. The normalized spacial score (nSPS) is 20.0. The Morgan fingerprint density at radius 3 is 2.53 bits per heavy atom. The number of rotatable bonds is 2. The van der Waals surface area contributed by atoms with Gasteiger partial charge in [-0.1, -0.05) is 38.1 Å². The first-order valence-electron chi connectivity index (χ1n) is 6.08. The summed E-state index contributed by atoms with van der Waals surface area (Å²) >= 11 is 1.85. The van der Waals surface area contributed by atoms with Gasteiger partial charge < -0.3 is 4.90 Å². The fraction of sp³-hybridized carbons (Fsp3) is 0.500. The van der Waals surface area contributed by atoms with E-state index in [0.29, 0.717) is 5.92 Å². The molecule has 0 N–H and O–H groups in total. The Labute approximate surface area is 107 Å². The van der Waals surface area contributed by atoms with Gasteiger partial charge in [0, 0.05) is 19.2 Å². The van der Waals surface area contributed by atoms with Gasteiger partial charge in [0.25, 0.3) is 0 Å². The van der Waals surface area contributed by atoms with E-state index in [2.05, 4.69) is 38.1 Å². The number of hydrogen-bond acceptors (Lipinski definition) is 2. The predicted octanol–water partition coefficient (Wildman–Crippen LogP) is 3.40. The minimum absolute atomic E-state index is 0.174. The van der Waals surface area contributed by atoms with Crippen molar-refractivity contribution in [1.82, 2.24) is 4.90 Å². The summed E-state index contributed by atoms with van der Waals surface area (Å²) in [6.07, 6.45) is 0. The molecule has 2 rings (SSSR count). The number of amides is 1. The van der Waals surface area contributed by atoms with E-state index in [0.717, 1.165) is 12.3 Å². The van der Waals surface area contributed by atoms with Gasteiger partial charge in [-0.05, 0) is 17.0 Å². The average molecular weight is 249 g/mol. The summed E-state index contributed by atoms with van der Waals surface area (Å²) in [6, 6.07) is 8.68. The summed E-state index contributed by atoms with van der Waals surface area (Å²) in [5, 5.41) is 0.216. The smallest absolute Gasteiger partial charge is 0.220 e. The van der Waals surface area contributed by atoms with Crippen molar-refractivity contribution >= 4 is 17.7 Å². The lowest BCUT2D eigenvalue weighted by Crippen LogP contribution is -2.27. The van der Waals surface area contributed by atoms with Gasteiger partial charge in [-0.3, -0.25) is 4.79 Å². The van der Waals surface area contributed by atoms with E-state index in [9.17, 15) is 4.79 Å². The summed E-state index contributed by atoms with van der Waals surface area (Å²) in [5.41, 5.74) is 2.60. The molecule has 0 aliphatic carbocycles. The Kier molecular flexibility index (Phi) is 3.77. The molecule has 0 spiro atoms. The monoisotopic (exact) mass is 249 g/mol. The van der Waals surface area contributed by atoms with Gasteiger partial charge in [-0.2, -0.15) is 0 Å². The van der Waals surface area contributed by atoms with Crippen molar-refractivity contribution in [2.45, 2.75) is 32.1 Å². The Morgan fingerprint density at radius 1 is 1.35 bits per heavy atom. The van der Waals surface area contributed by atoms with Crippen LogP contribution in [0.5, 0.6) is 0 Å². The molecule has 1 fully saturated rings. The van der Waals surface area contributed by atoms with Crippen molar-refractivity contribution in [3.05, 3.63) is 35.4 Å². The third-order valence-corrected chi connectivity index (χ3v) is 4.44. The molecule has 1 aromatic rings. The molecular formula is C14H19NOS. The van der Waals surface area contributed by atoms with Crippen molar-refractivity contribution in [2.75, 3.05) is 12.3 Å². The highest BCUT2D eigenvalue weighted by atomic mass is 32.2. The number of thioether (sulfide) groups is 1. The van der Waals surface area contributed by atoms with Gasteiger partial charge in [0.2, 0.25) is 5.91 Å². The average Bonchev–Trinajstić information content (AvgIpc) is 2.78. The molecule has 0 radical (unpaired) electrons. The molecule has 1 amide bonds. The zero-order valence-corrected chi connectivity index (χ0v) is 11.5. The fourth-order valence-electron chi connectivity index (χ4n) is 2.11. The number of carbonyl (C=O) groups is 1. The van der Waals surface area contributed by atoms with Crippen molar-refractivity contribution in [3.8, 4) is 0 Å². The Balaban J connectivity index is 2.19. The van der Waals surface area contributed by atoms with Gasteiger partial charge in [-0.25, -0.2) is 0 Å².